The molecule has 2 aromatic carbocycles. The van der Waals surface area contributed by atoms with E-state index in [0.29, 0.717) is 30.0 Å². The molecular formula is C22H21N5O5. The van der Waals surface area contributed by atoms with E-state index in [4.69, 9.17) is 0 Å². The summed E-state index contributed by atoms with van der Waals surface area (Å²) in [4.78, 5) is 51.9. The first-order chi connectivity index (χ1) is 15.3. The van der Waals surface area contributed by atoms with Crippen molar-refractivity contribution in [3.05, 3.63) is 69.3 Å². The van der Waals surface area contributed by atoms with E-state index in [1.54, 1.807) is 24.3 Å². The number of piperazine rings is 1. The van der Waals surface area contributed by atoms with Gasteiger partial charge in [-0.05, 0) is 36.8 Å². The summed E-state index contributed by atoms with van der Waals surface area (Å²) in [6.07, 6.45) is 1.32. The summed E-state index contributed by atoms with van der Waals surface area (Å²) in [5, 5.41) is 16.8. The predicted octanol–water partition coefficient (Wildman–Crippen LogP) is 1.98. The van der Waals surface area contributed by atoms with E-state index in [1.807, 2.05) is 17.9 Å². The Kier molecular flexibility index (Phi) is 5.69. The summed E-state index contributed by atoms with van der Waals surface area (Å²) in [6, 6.07) is 10.3. The van der Waals surface area contributed by atoms with Gasteiger partial charge >= 0.3 is 6.03 Å². The normalized spacial score (nSPS) is 18.2. The molecule has 0 bridgehead atoms. The molecule has 2 N–H and O–H groups in total. The van der Waals surface area contributed by atoms with Crippen molar-refractivity contribution in [2.24, 2.45) is 0 Å². The van der Waals surface area contributed by atoms with Crippen LogP contribution in [0.4, 0.5) is 21.9 Å². The summed E-state index contributed by atoms with van der Waals surface area (Å²) in [5.74, 6) is -1.64. The second kappa shape index (κ2) is 8.60. The third kappa shape index (κ3) is 4.08. The van der Waals surface area contributed by atoms with Gasteiger partial charge in [-0.2, -0.15) is 0 Å². The topological polar surface area (TPSA) is 125 Å². The minimum atomic E-state index is -0.846. The van der Waals surface area contributed by atoms with Crippen molar-refractivity contribution in [3.63, 3.8) is 0 Å². The number of imide groups is 2. The van der Waals surface area contributed by atoms with Crippen LogP contribution in [0.2, 0.25) is 0 Å². The molecule has 2 aliphatic heterocycles. The van der Waals surface area contributed by atoms with Crippen LogP contribution in [-0.2, 0) is 9.59 Å². The van der Waals surface area contributed by atoms with Gasteiger partial charge in [0, 0.05) is 49.6 Å². The number of urea groups is 1. The Morgan fingerprint density at radius 1 is 1.06 bits per heavy atom. The Morgan fingerprint density at radius 2 is 1.81 bits per heavy atom. The molecule has 0 aliphatic carbocycles. The molecule has 10 heteroatoms. The van der Waals surface area contributed by atoms with Crippen LogP contribution in [0.5, 0.6) is 0 Å². The van der Waals surface area contributed by atoms with Crippen molar-refractivity contribution in [1.29, 1.82) is 0 Å². The molecule has 0 atom stereocenters. The first-order valence-electron chi connectivity index (χ1n) is 10.1. The molecule has 2 heterocycles. The van der Waals surface area contributed by atoms with Crippen LogP contribution in [0.3, 0.4) is 0 Å². The smallest absolute Gasteiger partial charge is 0.335 e. The van der Waals surface area contributed by atoms with E-state index in [0.717, 1.165) is 23.6 Å². The fraction of sp³-hybridized carbons (Fsp3) is 0.227. The molecule has 2 fully saturated rings. The zero-order valence-electron chi connectivity index (χ0n) is 17.3. The maximum absolute atomic E-state index is 13.2. The molecule has 4 amide bonds. The van der Waals surface area contributed by atoms with Crippen molar-refractivity contribution in [1.82, 2.24) is 10.6 Å². The molecule has 0 radical (unpaired) electrons. The third-order valence-corrected chi connectivity index (χ3v) is 5.34. The summed E-state index contributed by atoms with van der Waals surface area (Å²) < 4.78 is 0. The number of benzene rings is 2. The van der Waals surface area contributed by atoms with E-state index >= 15 is 0 Å². The maximum Gasteiger partial charge on any atom is 0.335 e. The highest BCUT2D eigenvalue weighted by Gasteiger charge is 2.37. The minimum Gasteiger partial charge on any atom is -0.368 e. The SMILES string of the molecule is Cc1cccc(N2C(=O)NC(=O)/C(=C/c3cc([N+](=O)[O-])ccc3N3CCNCC3)C2=O)c1. The average molecular weight is 435 g/mol. The summed E-state index contributed by atoms with van der Waals surface area (Å²) in [6.45, 7) is 4.63. The maximum atomic E-state index is 13.2. The molecule has 32 heavy (non-hydrogen) atoms. The van der Waals surface area contributed by atoms with Gasteiger partial charge in [0.2, 0.25) is 0 Å². The number of non-ortho nitro benzene ring substituents is 1. The van der Waals surface area contributed by atoms with Crippen LogP contribution < -0.4 is 20.4 Å². The lowest BCUT2D eigenvalue weighted by Crippen LogP contribution is -2.54. The molecule has 0 spiro atoms. The van der Waals surface area contributed by atoms with Crippen molar-refractivity contribution in [3.8, 4) is 0 Å². The summed E-state index contributed by atoms with van der Waals surface area (Å²) in [7, 11) is 0. The number of anilines is 2. The number of nitrogens with one attached hydrogen (secondary N) is 2. The number of barbiturate groups is 1. The fourth-order valence-electron chi connectivity index (χ4n) is 3.78. The number of hydrogen-bond donors (Lipinski definition) is 2. The number of nitro benzene ring substituents is 1. The van der Waals surface area contributed by atoms with Crippen LogP contribution in [0, 0.1) is 17.0 Å². The van der Waals surface area contributed by atoms with E-state index < -0.39 is 22.8 Å². The van der Waals surface area contributed by atoms with Crippen LogP contribution >= 0.6 is 0 Å². The van der Waals surface area contributed by atoms with Crippen molar-refractivity contribution < 1.29 is 19.3 Å². The Bertz CT molecular complexity index is 1150. The number of nitrogens with zero attached hydrogens (tertiary/aromatic N) is 3. The molecule has 0 saturated carbocycles. The van der Waals surface area contributed by atoms with Crippen molar-refractivity contribution in [2.75, 3.05) is 36.0 Å². The van der Waals surface area contributed by atoms with Gasteiger partial charge in [-0.25, -0.2) is 9.69 Å². The van der Waals surface area contributed by atoms with Gasteiger partial charge in [0.15, 0.2) is 0 Å². The van der Waals surface area contributed by atoms with Gasteiger partial charge in [-0.1, -0.05) is 12.1 Å². The number of rotatable bonds is 4. The molecule has 0 unspecified atom stereocenters. The van der Waals surface area contributed by atoms with Crippen LogP contribution in [0.1, 0.15) is 11.1 Å². The highest BCUT2D eigenvalue weighted by atomic mass is 16.6. The lowest BCUT2D eigenvalue weighted by molar-refractivity contribution is -0.384. The second-order valence-electron chi connectivity index (χ2n) is 7.53. The average Bonchev–Trinajstić information content (AvgIpc) is 2.77. The zero-order valence-corrected chi connectivity index (χ0v) is 17.3. The Morgan fingerprint density at radius 3 is 2.50 bits per heavy atom. The van der Waals surface area contributed by atoms with E-state index in [2.05, 4.69) is 10.6 Å². The second-order valence-corrected chi connectivity index (χ2v) is 7.53. The van der Waals surface area contributed by atoms with Crippen LogP contribution in [-0.4, -0.2) is 48.9 Å². The standard InChI is InChI=1S/C22H21N5O5/c1-14-3-2-4-16(11-14)26-21(29)18(20(28)24-22(26)30)13-15-12-17(27(31)32)5-6-19(15)25-9-7-23-8-10-25/h2-6,11-13,23H,7-10H2,1H3,(H,24,28,30)/b18-13-. The fourth-order valence-corrected chi connectivity index (χ4v) is 3.78. The Balaban J connectivity index is 1.79. The number of carbonyl (C=O) groups is 3. The third-order valence-electron chi connectivity index (χ3n) is 5.34. The number of aryl methyl sites for hydroxylation is 1. The summed E-state index contributed by atoms with van der Waals surface area (Å²) >= 11 is 0. The molecular weight excluding hydrogens is 414 g/mol. The first kappa shape index (κ1) is 21.2. The summed E-state index contributed by atoms with van der Waals surface area (Å²) in [5.41, 5.74) is 1.76. The monoisotopic (exact) mass is 435 g/mol. The van der Waals surface area contributed by atoms with Gasteiger partial charge in [0.05, 0.1) is 10.6 Å². The molecule has 164 valence electrons. The van der Waals surface area contributed by atoms with E-state index in [1.165, 1.54) is 18.2 Å². The zero-order chi connectivity index (χ0) is 22.8. The lowest BCUT2D eigenvalue weighted by Gasteiger charge is -2.31. The van der Waals surface area contributed by atoms with Gasteiger partial charge in [-0.15, -0.1) is 0 Å². The molecule has 4 rings (SSSR count). The number of amides is 4. The first-order valence-corrected chi connectivity index (χ1v) is 10.1. The minimum absolute atomic E-state index is 0.161. The molecule has 10 nitrogen and oxygen atoms in total. The number of carbonyl (C=O) groups excluding carboxylic acids is 3. The Labute approximate surface area is 183 Å². The van der Waals surface area contributed by atoms with Crippen molar-refractivity contribution >= 4 is 41.0 Å². The van der Waals surface area contributed by atoms with Crippen LogP contribution in [0.25, 0.3) is 6.08 Å². The van der Waals surface area contributed by atoms with E-state index in [9.17, 15) is 24.5 Å². The lowest BCUT2D eigenvalue weighted by atomic mass is 10.0. The van der Waals surface area contributed by atoms with Crippen molar-refractivity contribution in [2.45, 2.75) is 6.92 Å². The van der Waals surface area contributed by atoms with Gasteiger partial charge in [0.25, 0.3) is 17.5 Å². The molecule has 2 saturated heterocycles. The van der Waals surface area contributed by atoms with Gasteiger partial charge in [0.1, 0.15) is 5.57 Å². The molecule has 0 aromatic heterocycles. The van der Waals surface area contributed by atoms with Crippen LogP contribution in [0.15, 0.2) is 48.0 Å². The molecule has 2 aromatic rings. The predicted molar refractivity (Wildman–Crippen MR) is 118 cm³/mol. The van der Waals surface area contributed by atoms with Gasteiger partial charge in [-0.3, -0.25) is 25.0 Å². The Hall–Kier alpha value is -4.05. The highest BCUT2D eigenvalue weighted by Crippen LogP contribution is 2.30. The quantitative estimate of drug-likeness (QED) is 0.326. The molecule has 2 aliphatic rings. The van der Waals surface area contributed by atoms with Gasteiger partial charge < -0.3 is 10.2 Å². The largest absolute Gasteiger partial charge is 0.368 e. The highest BCUT2D eigenvalue weighted by molar-refractivity contribution is 6.39. The number of hydrogen-bond acceptors (Lipinski definition) is 7. The van der Waals surface area contributed by atoms with E-state index in [-0.39, 0.29) is 11.3 Å². The number of nitro groups is 1.